The van der Waals surface area contributed by atoms with Crippen LogP contribution in [0.1, 0.15) is 33.1 Å². The zero-order valence-electron chi connectivity index (χ0n) is 11.1. The van der Waals surface area contributed by atoms with E-state index in [1.54, 1.807) is 0 Å². The number of rotatable bonds is 4. The molecule has 98 valence electrons. The van der Waals surface area contributed by atoms with Crippen molar-refractivity contribution in [3.05, 3.63) is 0 Å². The summed E-state index contributed by atoms with van der Waals surface area (Å²) in [5, 5.41) is 0. The summed E-state index contributed by atoms with van der Waals surface area (Å²) < 4.78 is 0. The Bertz CT molecular complexity index is 278. The third kappa shape index (κ3) is 3.19. The second kappa shape index (κ2) is 5.36. The normalized spacial score (nSPS) is 30.3. The van der Waals surface area contributed by atoms with E-state index in [-0.39, 0.29) is 0 Å². The number of likely N-dealkylation sites (tertiary alicyclic amines) is 1. The minimum absolute atomic E-state index is 0.303. The van der Waals surface area contributed by atoms with Gasteiger partial charge in [-0.05, 0) is 32.1 Å². The zero-order chi connectivity index (χ0) is 12.4. The van der Waals surface area contributed by atoms with Crippen molar-refractivity contribution in [3.63, 3.8) is 0 Å². The number of likely N-dealkylation sites (N-methyl/N-ethyl adjacent to an activating group) is 1. The predicted octanol–water partition coefficient (Wildman–Crippen LogP) is 0.666. The molecule has 4 nitrogen and oxygen atoms in total. The summed E-state index contributed by atoms with van der Waals surface area (Å²) in [6, 6.07) is 0.851. The Morgan fingerprint density at radius 2 is 2.12 bits per heavy atom. The van der Waals surface area contributed by atoms with Gasteiger partial charge in [-0.2, -0.15) is 0 Å². The summed E-state index contributed by atoms with van der Waals surface area (Å²) in [5.41, 5.74) is 5.99. The van der Waals surface area contributed by atoms with E-state index in [1.807, 2.05) is 4.90 Å². The van der Waals surface area contributed by atoms with Gasteiger partial charge in [-0.3, -0.25) is 9.69 Å². The van der Waals surface area contributed by atoms with Gasteiger partial charge < -0.3 is 10.6 Å². The van der Waals surface area contributed by atoms with Crippen molar-refractivity contribution in [3.8, 4) is 0 Å². The predicted molar refractivity (Wildman–Crippen MR) is 68.6 cm³/mol. The van der Waals surface area contributed by atoms with Gasteiger partial charge in [0.15, 0.2) is 0 Å². The minimum Gasteiger partial charge on any atom is -0.339 e. The Labute approximate surface area is 104 Å². The van der Waals surface area contributed by atoms with Crippen LogP contribution >= 0.6 is 0 Å². The molecule has 1 amide bonds. The van der Waals surface area contributed by atoms with Gasteiger partial charge in [-0.25, -0.2) is 0 Å². The van der Waals surface area contributed by atoms with E-state index in [1.165, 1.54) is 12.8 Å². The monoisotopic (exact) mass is 239 g/mol. The fraction of sp³-hybridized carbons (Fsp3) is 0.923. The highest BCUT2D eigenvalue weighted by Crippen LogP contribution is 2.26. The van der Waals surface area contributed by atoms with Crippen molar-refractivity contribution in [1.29, 1.82) is 0 Å². The lowest BCUT2D eigenvalue weighted by atomic mass is 9.95. The van der Waals surface area contributed by atoms with Crippen LogP contribution in [0, 0.1) is 5.92 Å². The zero-order valence-corrected chi connectivity index (χ0v) is 11.1. The first-order valence-electron chi connectivity index (χ1n) is 6.89. The third-order valence-electron chi connectivity index (χ3n) is 4.06. The largest absolute Gasteiger partial charge is 0.339 e. The molecule has 0 bridgehead atoms. The smallest absolute Gasteiger partial charge is 0.236 e. The quantitative estimate of drug-likeness (QED) is 0.784. The number of amides is 1. The van der Waals surface area contributed by atoms with Gasteiger partial charge >= 0.3 is 0 Å². The van der Waals surface area contributed by atoms with Crippen LogP contribution in [0.15, 0.2) is 0 Å². The Morgan fingerprint density at radius 1 is 1.41 bits per heavy atom. The molecule has 1 heterocycles. The molecule has 2 unspecified atom stereocenters. The van der Waals surface area contributed by atoms with Gasteiger partial charge in [0.25, 0.3) is 0 Å². The van der Waals surface area contributed by atoms with Gasteiger partial charge in [0.2, 0.25) is 5.91 Å². The molecule has 1 saturated heterocycles. The molecule has 2 atom stereocenters. The summed E-state index contributed by atoms with van der Waals surface area (Å²) in [7, 11) is 0. The van der Waals surface area contributed by atoms with E-state index >= 15 is 0 Å². The van der Waals surface area contributed by atoms with E-state index in [0.717, 1.165) is 26.1 Å². The minimum atomic E-state index is 0.303. The highest BCUT2D eigenvalue weighted by Gasteiger charge is 2.32. The maximum absolute atomic E-state index is 12.2. The SMILES string of the molecule is CCN(C(=O)CN1CCC(N)C(C)C1)C1CC1. The lowest BCUT2D eigenvalue weighted by Crippen LogP contribution is -2.49. The van der Waals surface area contributed by atoms with Gasteiger partial charge in [0.1, 0.15) is 0 Å². The topological polar surface area (TPSA) is 49.6 Å². The Hall–Kier alpha value is -0.610. The molecule has 2 fully saturated rings. The van der Waals surface area contributed by atoms with Crippen LogP contribution in [0.4, 0.5) is 0 Å². The summed E-state index contributed by atoms with van der Waals surface area (Å²) in [5.74, 6) is 0.810. The van der Waals surface area contributed by atoms with Crippen LogP contribution in [0.2, 0.25) is 0 Å². The van der Waals surface area contributed by atoms with Crippen molar-refractivity contribution in [2.75, 3.05) is 26.2 Å². The molecule has 0 aromatic rings. The summed E-state index contributed by atoms with van der Waals surface area (Å²) >= 11 is 0. The van der Waals surface area contributed by atoms with E-state index in [4.69, 9.17) is 5.73 Å². The molecule has 2 N–H and O–H groups in total. The van der Waals surface area contributed by atoms with Crippen LogP contribution < -0.4 is 5.73 Å². The van der Waals surface area contributed by atoms with Crippen LogP contribution in [-0.4, -0.2) is 54.0 Å². The number of carbonyl (C=O) groups excluding carboxylic acids is 1. The second-order valence-corrected chi connectivity index (χ2v) is 5.58. The molecule has 0 radical (unpaired) electrons. The van der Waals surface area contributed by atoms with Gasteiger partial charge in [-0.1, -0.05) is 6.92 Å². The second-order valence-electron chi connectivity index (χ2n) is 5.58. The fourth-order valence-corrected chi connectivity index (χ4v) is 2.70. The number of nitrogens with zero attached hydrogens (tertiary/aromatic N) is 2. The highest BCUT2D eigenvalue weighted by molar-refractivity contribution is 5.78. The molecular weight excluding hydrogens is 214 g/mol. The van der Waals surface area contributed by atoms with Crippen LogP contribution in [0.3, 0.4) is 0 Å². The lowest BCUT2D eigenvalue weighted by molar-refractivity contribution is -0.133. The highest BCUT2D eigenvalue weighted by atomic mass is 16.2. The molecule has 0 aromatic carbocycles. The third-order valence-corrected chi connectivity index (χ3v) is 4.06. The number of carbonyl (C=O) groups is 1. The Balaban J connectivity index is 1.81. The van der Waals surface area contributed by atoms with Gasteiger partial charge in [0.05, 0.1) is 6.54 Å². The fourth-order valence-electron chi connectivity index (χ4n) is 2.70. The van der Waals surface area contributed by atoms with Crippen LogP contribution in [-0.2, 0) is 4.79 Å². The Morgan fingerprint density at radius 3 is 2.65 bits per heavy atom. The molecule has 1 aliphatic carbocycles. The lowest BCUT2D eigenvalue weighted by Gasteiger charge is -2.35. The standard InChI is InChI=1S/C13H25N3O/c1-3-16(11-4-5-11)13(17)9-15-7-6-12(14)10(2)8-15/h10-12H,3-9,14H2,1-2H3. The summed E-state index contributed by atoms with van der Waals surface area (Å²) in [6.45, 7) is 7.63. The number of piperidine rings is 1. The first-order chi connectivity index (χ1) is 8.11. The van der Waals surface area contributed by atoms with E-state index in [2.05, 4.69) is 18.7 Å². The number of hydrogen-bond donors (Lipinski definition) is 1. The summed E-state index contributed by atoms with van der Waals surface area (Å²) in [4.78, 5) is 16.5. The maximum atomic E-state index is 12.2. The molecule has 1 saturated carbocycles. The maximum Gasteiger partial charge on any atom is 0.236 e. The molecule has 2 aliphatic rings. The van der Waals surface area contributed by atoms with E-state index in [0.29, 0.717) is 30.5 Å². The molecule has 1 aliphatic heterocycles. The molecular formula is C13H25N3O. The number of nitrogens with two attached hydrogens (primary N) is 1. The van der Waals surface area contributed by atoms with Crippen molar-refractivity contribution in [1.82, 2.24) is 9.80 Å². The van der Waals surface area contributed by atoms with Crippen LogP contribution in [0.25, 0.3) is 0 Å². The van der Waals surface area contributed by atoms with Crippen molar-refractivity contribution >= 4 is 5.91 Å². The number of hydrogen-bond acceptors (Lipinski definition) is 3. The van der Waals surface area contributed by atoms with Crippen LogP contribution in [0.5, 0.6) is 0 Å². The Kier molecular flexibility index (Phi) is 4.05. The van der Waals surface area contributed by atoms with Gasteiger partial charge in [-0.15, -0.1) is 0 Å². The molecule has 17 heavy (non-hydrogen) atoms. The molecule has 4 heteroatoms. The van der Waals surface area contributed by atoms with Crippen molar-refractivity contribution in [2.24, 2.45) is 11.7 Å². The first kappa shape index (κ1) is 12.8. The van der Waals surface area contributed by atoms with Crippen molar-refractivity contribution < 1.29 is 4.79 Å². The molecule has 0 aromatic heterocycles. The molecule has 2 rings (SSSR count). The van der Waals surface area contributed by atoms with E-state index in [9.17, 15) is 4.79 Å². The first-order valence-corrected chi connectivity index (χ1v) is 6.89. The van der Waals surface area contributed by atoms with E-state index < -0.39 is 0 Å². The summed E-state index contributed by atoms with van der Waals surface area (Å²) in [6.07, 6.45) is 3.41. The average molecular weight is 239 g/mol. The average Bonchev–Trinajstić information content (AvgIpc) is 3.09. The van der Waals surface area contributed by atoms with Crippen molar-refractivity contribution in [2.45, 2.75) is 45.2 Å². The molecule has 0 spiro atoms. The van der Waals surface area contributed by atoms with Gasteiger partial charge in [0, 0.05) is 31.7 Å².